The molecular formula is C15H9Cl2F3N2S. The van der Waals surface area contributed by atoms with Gasteiger partial charge in [0, 0.05) is 21.5 Å². The van der Waals surface area contributed by atoms with Crippen molar-refractivity contribution in [3.63, 3.8) is 0 Å². The summed E-state index contributed by atoms with van der Waals surface area (Å²) in [5, 5.41) is 9.93. The minimum Gasteiger partial charge on any atom is -0.245 e. The number of halogens is 5. The van der Waals surface area contributed by atoms with Gasteiger partial charge in [-0.25, -0.2) is 4.98 Å². The third-order valence-corrected chi connectivity index (χ3v) is 4.66. The first-order chi connectivity index (χ1) is 10.7. The normalized spacial score (nSPS) is 11.3. The van der Waals surface area contributed by atoms with E-state index < -0.39 is 17.3 Å². The van der Waals surface area contributed by atoms with Crippen molar-refractivity contribution in [2.24, 2.45) is 0 Å². The molecule has 0 N–H and O–H groups in total. The quantitative estimate of drug-likeness (QED) is 0.627. The van der Waals surface area contributed by atoms with Crippen LogP contribution in [-0.2, 0) is 11.9 Å². The van der Waals surface area contributed by atoms with Crippen LogP contribution >= 0.6 is 35.0 Å². The van der Waals surface area contributed by atoms with Gasteiger partial charge in [0.1, 0.15) is 11.1 Å². The fraction of sp³-hybridized carbons (Fsp3) is 0.200. The molecule has 0 atom stereocenters. The molecule has 0 amide bonds. The number of aromatic nitrogens is 1. The van der Waals surface area contributed by atoms with Gasteiger partial charge in [-0.15, -0.1) is 11.8 Å². The van der Waals surface area contributed by atoms with E-state index in [4.69, 9.17) is 28.5 Å². The molecule has 23 heavy (non-hydrogen) atoms. The van der Waals surface area contributed by atoms with Crippen molar-refractivity contribution >= 4 is 35.0 Å². The molecule has 0 fully saturated rings. The number of rotatable bonds is 3. The summed E-state index contributed by atoms with van der Waals surface area (Å²) < 4.78 is 39.2. The van der Waals surface area contributed by atoms with Crippen LogP contribution < -0.4 is 0 Å². The Morgan fingerprint density at radius 2 is 1.87 bits per heavy atom. The van der Waals surface area contributed by atoms with Crippen LogP contribution in [0.2, 0.25) is 10.0 Å². The molecule has 120 valence electrons. The van der Waals surface area contributed by atoms with Gasteiger partial charge in [0.2, 0.25) is 0 Å². The fourth-order valence-corrected chi connectivity index (χ4v) is 3.68. The number of hydrogen-bond acceptors (Lipinski definition) is 3. The maximum absolute atomic E-state index is 13.1. The van der Waals surface area contributed by atoms with E-state index in [1.807, 2.05) is 0 Å². The Morgan fingerprint density at radius 3 is 2.39 bits per heavy atom. The van der Waals surface area contributed by atoms with E-state index >= 15 is 0 Å². The second-order valence-corrected chi connectivity index (χ2v) is 6.37. The van der Waals surface area contributed by atoms with E-state index in [0.29, 0.717) is 15.6 Å². The lowest BCUT2D eigenvalue weighted by molar-refractivity contribution is -0.138. The average Bonchev–Trinajstić information content (AvgIpc) is 2.45. The Bertz CT molecular complexity index is 765. The van der Waals surface area contributed by atoms with E-state index in [9.17, 15) is 13.2 Å². The third kappa shape index (κ3) is 4.11. The maximum atomic E-state index is 13.1. The summed E-state index contributed by atoms with van der Waals surface area (Å²) >= 11 is 13.1. The average molecular weight is 377 g/mol. The van der Waals surface area contributed by atoms with Gasteiger partial charge in [-0.05, 0) is 30.7 Å². The zero-order valence-electron chi connectivity index (χ0n) is 11.7. The van der Waals surface area contributed by atoms with Crippen LogP contribution in [0.1, 0.15) is 22.4 Å². The smallest absolute Gasteiger partial charge is 0.245 e. The monoisotopic (exact) mass is 376 g/mol. The van der Waals surface area contributed by atoms with Crippen molar-refractivity contribution in [2.75, 3.05) is 0 Å². The number of nitrogens with zero attached hydrogens (tertiary/aromatic N) is 2. The minimum absolute atomic E-state index is 0.0100. The molecule has 2 aromatic rings. The summed E-state index contributed by atoms with van der Waals surface area (Å²) in [5.74, 6) is 0.209. The summed E-state index contributed by atoms with van der Waals surface area (Å²) in [4.78, 5) is 4.05. The van der Waals surface area contributed by atoms with Crippen LogP contribution in [0.5, 0.6) is 0 Å². The SMILES string of the molecule is Cc1cc(C(F)(F)F)c(C#N)c(SCc2c(Cl)cccc2Cl)n1. The van der Waals surface area contributed by atoms with Gasteiger partial charge in [-0.3, -0.25) is 0 Å². The lowest BCUT2D eigenvalue weighted by atomic mass is 10.1. The number of pyridine rings is 1. The first kappa shape index (κ1) is 17.9. The highest BCUT2D eigenvalue weighted by molar-refractivity contribution is 7.98. The summed E-state index contributed by atoms with van der Waals surface area (Å²) in [6.45, 7) is 1.45. The standard InChI is InChI=1S/C15H9Cl2F3N2S/c1-8-5-11(15(18,19)20)9(6-21)14(22-8)23-7-10-12(16)3-2-4-13(10)17/h2-5H,7H2,1H3. The fourth-order valence-electron chi connectivity index (χ4n) is 1.89. The number of nitriles is 1. The summed E-state index contributed by atoms with van der Waals surface area (Å²) in [6, 6.07) is 7.41. The van der Waals surface area contributed by atoms with Crippen molar-refractivity contribution in [3.8, 4) is 6.07 Å². The first-order valence-electron chi connectivity index (χ1n) is 6.28. The highest BCUT2D eigenvalue weighted by Crippen LogP contribution is 2.38. The van der Waals surface area contributed by atoms with Crippen molar-refractivity contribution in [3.05, 3.63) is 56.7 Å². The van der Waals surface area contributed by atoms with Crippen LogP contribution in [0, 0.1) is 18.3 Å². The number of aryl methyl sites for hydroxylation is 1. The molecule has 0 bridgehead atoms. The Kier molecular flexibility index (Phi) is 5.45. The predicted octanol–water partition coefficient (Wildman–Crippen LogP) is 5.88. The second kappa shape index (κ2) is 7.00. The van der Waals surface area contributed by atoms with E-state index in [0.717, 1.165) is 17.8 Å². The molecule has 0 saturated heterocycles. The van der Waals surface area contributed by atoms with Gasteiger partial charge < -0.3 is 0 Å². The van der Waals surface area contributed by atoms with Crippen LogP contribution in [0.15, 0.2) is 29.3 Å². The van der Waals surface area contributed by atoms with E-state index in [2.05, 4.69) is 4.98 Å². The van der Waals surface area contributed by atoms with Crippen LogP contribution in [0.3, 0.4) is 0 Å². The molecule has 8 heteroatoms. The van der Waals surface area contributed by atoms with E-state index in [1.165, 1.54) is 6.92 Å². The molecule has 0 saturated carbocycles. The number of alkyl halides is 3. The molecule has 2 nitrogen and oxygen atoms in total. The maximum Gasteiger partial charge on any atom is 0.417 e. The van der Waals surface area contributed by atoms with Gasteiger partial charge in [-0.2, -0.15) is 18.4 Å². The highest BCUT2D eigenvalue weighted by atomic mass is 35.5. The molecule has 0 radical (unpaired) electrons. The van der Waals surface area contributed by atoms with Gasteiger partial charge in [0.15, 0.2) is 0 Å². The van der Waals surface area contributed by atoms with Crippen molar-refractivity contribution < 1.29 is 13.2 Å². The zero-order chi connectivity index (χ0) is 17.2. The minimum atomic E-state index is -4.61. The lowest BCUT2D eigenvalue weighted by Gasteiger charge is -2.13. The molecule has 1 aromatic carbocycles. The Hall–Kier alpha value is -1.42. The molecule has 1 heterocycles. The van der Waals surface area contributed by atoms with Gasteiger partial charge >= 0.3 is 6.18 Å². The molecule has 1 aromatic heterocycles. The third-order valence-electron chi connectivity index (χ3n) is 2.95. The van der Waals surface area contributed by atoms with Crippen LogP contribution in [0.25, 0.3) is 0 Å². The summed E-state index contributed by atoms with van der Waals surface area (Å²) in [5.41, 5.74) is -0.706. The summed E-state index contributed by atoms with van der Waals surface area (Å²) in [7, 11) is 0. The first-order valence-corrected chi connectivity index (χ1v) is 8.02. The van der Waals surface area contributed by atoms with Crippen molar-refractivity contribution in [1.82, 2.24) is 4.98 Å². The van der Waals surface area contributed by atoms with Gasteiger partial charge in [0.05, 0.1) is 11.1 Å². The predicted molar refractivity (Wildman–Crippen MR) is 84.7 cm³/mol. The topological polar surface area (TPSA) is 36.7 Å². The van der Waals surface area contributed by atoms with Gasteiger partial charge in [-0.1, -0.05) is 29.3 Å². The molecule has 2 rings (SSSR count). The zero-order valence-corrected chi connectivity index (χ0v) is 14.0. The van der Waals surface area contributed by atoms with Crippen LogP contribution in [-0.4, -0.2) is 4.98 Å². The number of benzene rings is 1. The van der Waals surface area contributed by atoms with Crippen molar-refractivity contribution in [2.45, 2.75) is 23.9 Å². The molecule has 0 unspecified atom stereocenters. The Morgan fingerprint density at radius 1 is 1.26 bits per heavy atom. The summed E-state index contributed by atoms with van der Waals surface area (Å²) in [6.07, 6.45) is -4.61. The largest absolute Gasteiger partial charge is 0.417 e. The van der Waals surface area contributed by atoms with Gasteiger partial charge in [0.25, 0.3) is 0 Å². The van der Waals surface area contributed by atoms with E-state index in [-0.39, 0.29) is 16.5 Å². The molecule has 0 spiro atoms. The number of hydrogen-bond donors (Lipinski definition) is 0. The molecule has 0 aliphatic heterocycles. The number of thioether (sulfide) groups is 1. The molecule has 0 aliphatic rings. The Balaban J connectivity index is 2.41. The van der Waals surface area contributed by atoms with E-state index in [1.54, 1.807) is 24.3 Å². The second-order valence-electron chi connectivity index (χ2n) is 4.59. The molecular weight excluding hydrogens is 368 g/mol. The molecule has 0 aliphatic carbocycles. The Labute approximate surface area is 145 Å². The lowest BCUT2D eigenvalue weighted by Crippen LogP contribution is -2.10. The van der Waals surface area contributed by atoms with Crippen molar-refractivity contribution in [1.29, 1.82) is 5.26 Å². The highest BCUT2D eigenvalue weighted by Gasteiger charge is 2.35. The van der Waals surface area contributed by atoms with Crippen LogP contribution in [0.4, 0.5) is 13.2 Å².